The van der Waals surface area contributed by atoms with Gasteiger partial charge in [-0.3, -0.25) is 0 Å². The highest BCUT2D eigenvalue weighted by Gasteiger charge is 2.31. The second kappa shape index (κ2) is 8.89. The smallest absolute Gasteiger partial charge is 0.416 e. The van der Waals surface area contributed by atoms with Crippen LogP contribution in [-0.2, 0) is 22.3 Å². The van der Waals surface area contributed by atoms with Crippen molar-refractivity contribution >= 4 is 5.57 Å². The Morgan fingerprint density at radius 2 is 1.89 bits per heavy atom. The first-order valence-corrected chi connectivity index (χ1v) is 8.63. The van der Waals surface area contributed by atoms with Crippen molar-refractivity contribution in [2.75, 3.05) is 13.2 Å². The van der Waals surface area contributed by atoms with E-state index in [1.54, 1.807) is 18.2 Å². The fourth-order valence-electron chi connectivity index (χ4n) is 2.77. The first kappa shape index (κ1) is 19.9. The summed E-state index contributed by atoms with van der Waals surface area (Å²) in [5, 5.41) is 0. The molecule has 0 aliphatic carbocycles. The highest BCUT2D eigenvalue weighted by molar-refractivity contribution is 5.82. The van der Waals surface area contributed by atoms with Gasteiger partial charge in [-0.25, -0.2) is 4.39 Å². The minimum absolute atomic E-state index is 0.0779. The molecule has 0 N–H and O–H groups in total. The van der Waals surface area contributed by atoms with Crippen molar-refractivity contribution in [1.82, 2.24) is 0 Å². The van der Waals surface area contributed by atoms with Crippen molar-refractivity contribution in [1.29, 1.82) is 0 Å². The molecule has 0 spiro atoms. The molecule has 0 saturated carbocycles. The predicted octanol–water partition coefficient (Wildman–Crippen LogP) is 5.92. The Hall–Kier alpha value is -2.86. The van der Waals surface area contributed by atoms with Crippen LogP contribution in [-0.4, -0.2) is 13.2 Å². The second-order valence-corrected chi connectivity index (χ2v) is 6.11. The van der Waals surface area contributed by atoms with E-state index in [1.165, 1.54) is 6.26 Å². The van der Waals surface area contributed by atoms with Gasteiger partial charge in [0.05, 0.1) is 25.0 Å². The fourth-order valence-corrected chi connectivity index (χ4v) is 2.77. The molecule has 0 aromatic heterocycles. The molecule has 2 nitrogen and oxygen atoms in total. The van der Waals surface area contributed by atoms with Crippen LogP contribution in [0.25, 0.3) is 5.57 Å². The van der Waals surface area contributed by atoms with Crippen LogP contribution in [0.5, 0.6) is 0 Å². The van der Waals surface area contributed by atoms with Crippen molar-refractivity contribution in [2.45, 2.75) is 12.8 Å². The lowest BCUT2D eigenvalue weighted by Gasteiger charge is -2.15. The van der Waals surface area contributed by atoms with Gasteiger partial charge in [0, 0.05) is 5.56 Å². The van der Waals surface area contributed by atoms with Gasteiger partial charge < -0.3 is 9.47 Å². The lowest BCUT2D eigenvalue weighted by atomic mass is 9.95. The van der Waals surface area contributed by atoms with Gasteiger partial charge in [-0.05, 0) is 41.0 Å². The number of halogens is 4. The molecule has 0 radical (unpaired) electrons. The molecule has 146 valence electrons. The molecular formula is C22H18F4O2. The zero-order valence-electron chi connectivity index (χ0n) is 14.9. The standard InChI is InChI=1S/C22H18F4O2/c23-21-14-18(22(24,25)26)6-7-20(21)19(17-8-11-27-12-9-17)10-13-28-15-16-4-2-1-3-5-16/h1-11,14H,12-13,15H2. The molecule has 3 rings (SSSR count). The van der Waals surface area contributed by atoms with E-state index in [2.05, 4.69) is 0 Å². The van der Waals surface area contributed by atoms with Gasteiger partial charge in [-0.2, -0.15) is 13.2 Å². The molecule has 2 aromatic carbocycles. The van der Waals surface area contributed by atoms with Crippen LogP contribution < -0.4 is 0 Å². The van der Waals surface area contributed by atoms with Crippen molar-refractivity contribution in [3.05, 3.63) is 101 Å². The predicted molar refractivity (Wildman–Crippen MR) is 98.7 cm³/mol. The first-order valence-electron chi connectivity index (χ1n) is 8.63. The molecule has 0 saturated heterocycles. The minimum atomic E-state index is -4.60. The van der Waals surface area contributed by atoms with Crippen molar-refractivity contribution < 1.29 is 27.0 Å². The summed E-state index contributed by atoms with van der Waals surface area (Å²) in [6.07, 6.45) is 1.91. The van der Waals surface area contributed by atoms with E-state index >= 15 is 0 Å². The van der Waals surface area contributed by atoms with Gasteiger partial charge in [0.15, 0.2) is 0 Å². The molecule has 2 aromatic rings. The summed E-state index contributed by atoms with van der Waals surface area (Å²) < 4.78 is 63.7. The minimum Gasteiger partial charge on any atom is -0.497 e. The van der Waals surface area contributed by atoms with Crippen LogP contribution in [0.3, 0.4) is 0 Å². The Bertz CT molecular complexity index is 896. The summed E-state index contributed by atoms with van der Waals surface area (Å²) in [4.78, 5) is 0. The zero-order chi connectivity index (χ0) is 20.0. The lowest BCUT2D eigenvalue weighted by Crippen LogP contribution is -2.07. The monoisotopic (exact) mass is 390 g/mol. The molecule has 6 heteroatoms. The number of allylic oxidation sites excluding steroid dienone is 3. The molecule has 0 amide bonds. The van der Waals surface area contributed by atoms with Gasteiger partial charge >= 0.3 is 6.18 Å². The van der Waals surface area contributed by atoms with Crippen LogP contribution in [0.2, 0.25) is 0 Å². The maximum Gasteiger partial charge on any atom is 0.416 e. The molecule has 1 aliphatic rings. The number of alkyl halides is 3. The molecule has 0 unspecified atom stereocenters. The number of hydrogen-bond acceptors (Lipinski definition) is 2. The molecule has 1 aliphatic heterocycles. The van der Waals surface area contributed by atoms with Crippen molar-refractivity contribution in [3.8, 4) is 0 Å². The maximum absolute atomic E-state index is 14.5. The molecule has 1 heterocycles. The van der Waals surface area contributed by atoms with E-state index in [4.69, 9.17) is 9.47 Å². The van der Waals surface area contributed by atoms with E-state index < -0.39 is 17.6 Å². The van der Waals surface area contributed by atoms with E-state index in [-0.39, 0.29) is 12.2 Å². The Balaban J connectivity index is 1.83. The van der Waals surface area contributed by atoms with Crippen LogP contribution in [0.15, 0.2) is 78.6 Å². The molecule has 28 heavy (non-hydrogen) atoms. The summed E-state index contributed by atoms with van der Waals surface area (Å²) in [7, 11) is 0. The largest absolute Gasteiger partial charge is 0.497 e. The Morgan fingerprint density at radius 1 is 1.11 bits per heavy atom. The summed E-state index contributed by atoms with van der Waals surface area (Å²) >= 11 is 0. The van der Waals surface area contributed by atoms with E-state index in [1.807, 2.05) is 30.3 Å². The van der Waals surface area contributed by atoms with Crippen molar-refractivity contribution in [2.24, 2.45) is 0 Å². The Kier molecular flexibility index (Phi) is 6.31. The average Bonchev–Trinajstić information content (AvgIpc) is 2.69. The van der Waals surface area contributed by atoms with E-state index in [0.29, 0.717) is 30.4 Å². The lowest BCUT2D eigenvalue weighted by molar-refractivity contribution is -0.137. The van der Waals surface area contributed by atoms with Crippen LogP contribution in [0.1, 0.15) is 16.7 Å². The maximum atomic E-state index is 14.5. The Labute approximate surface area is 160 Å². The zero-order valence-corrected chi connectivity index (χ0v) is 14.9. The number of hydrogen-bond donors (Lipinski definition) is 0. The number of ether oxygens (including phenoxy) is 2. The third-order valence-corrected chi connectivity index (χ3v) is 4.16. The van der Waals surface area contributed by atoms with Crippen LogP contribution in [0.4, 0.5) is 17.6 Å². The third kappa shape index (κ3) is 5.10. The van der Waals surface area contributed by atoms with Gasteiger partial charge in [0.2, 0.25) is 0 Å². The van der Waals surface area contributed by atoms with Gasteiger partial charge in [-0.1, -0.05) is 42.5 Å². The summed E-state index contributed by atoms with van der Waals surface area (Å²) in [6.45, 7) is 0.852. The molecule has 0 atom stereocenters. The quantitative estimate of drug-likeness (QED) is 0.451. The van der Waals surface area contributed by atoms with E-state index in [0.717, 1.165) is 17.7 Å². The molecular weight excluding hydrogens is 372 g/mol. The summed E-state index contributed by atoms with van der Waals surface area (Å²) in [5.41, 5.74) is 1.16. The number of benzene rings is 2. The van der Waals surface area contributed by atoms with Crippen LogP contribution >= 0.6 is 0 Å². The van der Waals surface area contributed by atoms with Gasteiger partial charge in [0.25, 0.3) is 0 Å². The van der Waals surface area contributed by atoms with Crippen LogP contribution in [0, 0.1) is 5.82 Å². The second-order valence-electron chi connectivity index (χ2n) is 6.11. The SMILES string of the molecule is Fc1cc(C(F)(F)F)ccc1C(=CCOCc1ccccc1)C1=CCOC=C1. The highest BCUT2D eigenvalue weighted by Crippen LogP contribution is 2.33. The third-order valence-electron chi connectivity index (χ3n) is 4.16. The average molecular weight is 390 g/mol. The van der Waals surface area contributed by atoms with Gasteiger partial charge in [0.1, 0.15) is 12.4 Å². The Morgan fingerprint density at radius 3 is 2.54 bits per heavy atom. The van der Waals surface area contributed by atoms with Crippen molar-refractivity contribution in [3.63, 3.8) is 0 Å². The van der Waals surface area contributed by atoms with E-state index in [9.17, 15) is 17.6 Å². The number of rotatable bonds is 6. The summed E-state index contributed by atoms with van der Waals surface area (Å²) in [5.74, 6) is -0.940. The fraction of sp³-hybridized carbons (Fsp3) is 0.182. The van der Waals surface area contributed by atoms with Gasteiger partial charge in [-0.15, -0.1) is 0 Å². The normalized spacial score (nSPS) is 14.6. The molecule has 0 bridgehead atoms. The summed E-state index contributed by atoms with van der Waals surface area (Å²) in [6, 6.07) is 12.1. The highest BCUT2D eigenvalue weighted by atomic mass is 19.4. The molecule has 0 fully saturated rings. The topological polar surface area (TPSA) is 18.5 Å². The first-order chi connectivity index (χ1) is 13.4.